The van der Waals surface area contributed by atoms with Crippen molar-refractivity contribution in [1.29, 1.82) is 0 Å². The monoisotopic (exact) mass is 423 g/mol. The molecule has 0 saturated carbocycles. The molecule has 8 nitrogen and oxygen atoms in total. The molecule has 0 spiro atoms. The number of benzene rings is 2. The molecule has 1 atom stereocenters. The molecule has 0 aliphatic carbocycles. The average molecular weight is 423 g/mol. The number of nitrogens with one attached hydrogen (secondary N) is 1. The molecule has 0 bridgehead atoms. The van der Waals surface area contributed by atoms with Crippen molar-refractivity contribution in [3.05, 3.63) is 71.3 Å². The highest BCUT2D eigenvalue weighted by Gasteiger charge is 2.52. The molecular weight excluding hydrogens is 398 g/mol. The number of carbonyl (C=O) groups is 3. The lowest BCUT2D eigenvalue weighted by molar-refractivity contribution is -0.147. The highest BCUT2D eigenvalue weighted by Crippen LogP contribution is 2.33. The minimum atomic E-state index is -1.33. The number of esters is 1. The first kappa shape index (κ1) is 22.0. The van der Waals surface area contributed by atoms with Crippen molar-refractivity contribution in [2.24, 2.45) is 5.16 Å². The van der Waals surface area contributed by atoms with Crippen LogP contribution < -0.4 is 5.32 Å². The smallest absolute Gasteiger partial charge is 0.326 e. The Labute approximate surface area is 180 Å². The Bertz CT molecular complexity index is 959. The molecule has 162 valence electrons. The molecule has 1 N–H and O–H groups in total. The lowest BCUT2D eigenvalue weighted by atomic mass is 9.83. The predicted molar refractivity (Wildman–Crippen MR) is 114 cm³/mol. The fourth-order valence-electron chi connectivity index (χ4n) is 3.45. The van der Waals surface area contributed by atoms with Crippen molar-refractivity contribution in [2.75, 3.05) is 19.8 Å². The van der Waals surface area contributed by atoms with Gasteiger partial charge >= 0.3 is 12.0 Å². The van der Waals surface area contributed by atoms with Crippen molar-refractivity contribution >= 4 is 24.1 Å². The number of hydrogen-bond acceptors (Lipinski definition) is 6. The van der Waals surface area contributed by atoms with Gasteiger partial charge in [0.2, 0.25) is 0 Å². The van der Waals surface area contributed by atoms with E-state index in [0.29, 0.717) is 12.2 Å². The van der Waals surface area contributed by atoms with Crippen LogP contribution in [-0.4, -0.2) is 48.8 Å². The lowest BCUT2D eigenvalue weighted by Gasteiger charge is -2.27. The van der Waals surface area contributed by atoms with Crippen LogP contribution in [0.2, 0.25) is 0 Å². The van der Waals surface area contributed by atoms with Crippen molar-refractivity contribution in [2.45, 2.75) is 25.8 Å². The summed E-state index contributed by atoms with van der Waals surface area (Å²) in [5, 5.41) is 6.66. The van der Waals surface area contributed by atoms with E-state index < -0.39 is 30.0 Å². The summed E-state index contributed by atoms with van der Waals surface area (Å²) in [6, 6.07) is 15.9. The van der Waals surface area contributed by atoms with E-state index in [0.717, 1.165) is 16.0 Å². The molecule has 31 heavy (non-hydrogen) atoms. The first-order chi connectivity index (χ1) is 15.0. The van der Waals surface area contributed by atoms with Crippen LogP contribution >= 0.6 is 0 Å². The van der Waals surface area contributed by atoms with Crippen LogP contribution in [0, 0.1) is 0 Å². The zero-order valence-electron chi connectivity index (χ0n) is 17.5. The Hall–Kier alpha value is -3.68. The van der Waals surface area contributed by atoms with Crippen molar-refractivity contribution in [3.63, 3.8) is 0 Å². The van der Waals surface area contributed by atoms with Crippen LogP contribution in [0.1, 0.15) is 30.5 Å². The largest absolute Gasteiger partial charge is 0.465 e. The number of imide groups is 1. The van der Waals surface area contributed by atoms with Crippen molar-refractivity contribution in [1.82, 2.24) is 10.2 Å². The number of urea groups is 1. The molecule has 2 aromatic rings. The topological polar surface area (TPSA) is 97.3 Å². The van der Waals surface area contributed by atoms with Gasteiger partial charge in [-0.1, -0.05) is 59.8 Å². The van der Waals surface area contributed by atoms with Gasteiger partial charge in [-0.2, -0.15) is 0 Å². The van der Waals surface area contributed by atoms with E-state index in [1.807, 2.05) is 37.3 Å². The molecule has 8 heteroatoms. The third-order valence-electron chi connectivity index (χ3n) is 4.89. The molecule has 1 aliphatic heterocycles. The first-order valence-corrected chi connectivity index (χ1v) is 10.1. The summed E-state index contributed by atoms with van der Waals surface area (Å²) in [6.07, 6.45) is 1.81. The molecule has 0 aromatic heterocycles. The molecule has 2 aromatic carbocycles. The van der Waals surface area contributed by atoms with Crippen LogP contribution in [-0.2, 0) is 31.1 Å². The van der Waals surface area contributed by atoms with Gasteiger partial charge in [-0.15, -0.1) is 0 Å². The van der Waals surface area contributed by atoms with Crippen molar-refractivity contribution < 1.29 is 24.0 Å². The maximum Gasteiger partial charge on any atom is 0.326 e. The Morgan fingerprint density at radius 3 is 2.42 bits per heavy atom. The van der Waals surface area contributed by atoms with E-state index in [1.54, 1.807) is 37.4 Å². The van der Waals surface area contributed by atoms with Crippen LogP contribution in [0.5, 0.6) is 0 Å². The van der Waals surface area contributed by atoms with Gasteiger partial charge < -0.3 is 14.9 Å². The van der Waals surface area contributed by atoms with Crippen LogP contribution in [0.25, 0.3) is 0 Å². The van der Waals surface area contributed by atoms with E-state index >= 15 is 0 Å². The zero-order chi connectivity index (χ0) is 22.3. The van der Waals surface area contributed by atoms with Crippen LogP contribution in [0.4, 0.5) is 4.79 Å². The molecule has 3 rings (SSSR count). The zero-order valence-corrected chi connectivity index (χ0v) is 17.5. The van der Waals surface area contributed by atoms with E-state index in [1.165, 1.54) is 0 Å². The second-order valence-corrected chi connectivity index (χ2v) is 6.97. The average Bonchev–Trinajstić information content (AvgIpc) is 3.00. The molecule has 1 heterocycles. The van der Waals surface area contributed by atoms with Gasteiger partial charge in [0.05, 0.1) is 12.8 Å². The minimum absolute atomic E-state index is 0.169. The Kier molecular flexibility index (Phi) is 7.02. The fraction of sp³-hybridized carbons (Fsp3) is 0.304. The summed E-state index contributed by atoms with van der Waals surface area (Å²) in [5.41, 5.74) is 0.929. The van der Waals surface area contributed by atoms with Crippen molar-refractivity contribution in [3.8, 4) is 0 Å². The summed E-state index contributed by atoms with van der Waals surface area (Å²) in [5.74, 6) is -1.13. The summed E-state index contributed by atoms with van der Waals surface area (Å²) in [4.78, 5) is 44.0. The maximum absolute atomic E-state index is 13.5. The molecule has 1 unspecified atom stereocenters. The van der Waals surface area contributed by atoms with Gasteiger partial charge in [0.25, 0.3) is 5.91 Å². The van der Waals surface area contributed by atoms with Crippen LogP contribution in [0.3, 0.4) is 0 Å². The highest BCUT2D eigenvalue weighted by molar-refractivity contribution is 6.09. The summed E-state index contributed by atoms with van der Waals surface area (Å²) >= 11 is 0. The van der Waals surface area contributed by atoms with Gasteiger partial charge in [-0.25, -0.2) is 4.79 Å². The second kappa shape index (κ2) is 9.88. The molecule has 1 aliphatic rings. The number of carbonyl (C=O) groups excluding carboxylic acids is 3. The number of hydrogen-bond donors (Lipinski definition) is 1. The Morgan fingerprint density at radius 2 is 1.77 bits per heavy atom. The third-order valence-corrected chi connectivity index (χ3v) is 4.89. The highest BCUT2D eigenvalue weighted by atomic mass is 16.6. The molecule has 3 amide bonds. The van der Waals surface area contributed by atoms with Gasteiger partial charge in [0.1, 0.15) is 13.2 Å². The number of rotatable bonds is 9. The quantitative estimate of drug-likeness (QED) is 0.289. The summed E-state index contributed by atoms with van der Waals surface area (Å²) in [6.45, 7) is 3.70. The number of amides is 3. The summed E-state index contributed by atoms with van der Waals surface area (Å²) in [7, 11) is 0. The standard InChI is InChI=1S/C23H25N3O5/c1-3-30-20(27)16-26-21(28)23(25-22(26)29,14-17-8-6-5-7-9-17)19-12-10-18(11-13-19)15-24-31-4-2/h5-13,15H,3-4,14,16H2,1-2H3,(H,25,29)/b24-15+. The lowest BCUT2D eigenvalue weighted by Crippen LogP contribution is -2.46. The SMILES string of the molecule is CCO/N=C/c1ccc(C2(Cc3ccccc3)NC(=O)N(CC(=O)OCC)C2=O)cc1. The Morgan fingerprint density at radius 1 is 1.06 bits per heavy atom. The first-order valence-electron chi connectivity index (χ1n) is 10.1. The van der Waals surface area contributed by atoms with E-state index in [-0.39, 0.29) is 13.0 Å². The predicted octanol–water partition coefficient (Wildman–Crippen LogP) is 2.61. The summed E-state index contributed by atoms with van der Waals surface area (Å²) < 4.78 is 4.92. The molecule has 1 fully saturated rings. The van der Waals surface area contributed by atoms with Gasteiger partial charge in [-0.3, -0.25) is 14.5 Å². The van der Waals surface area contributed by atoms with Gasteiger partial charge in [0, 0.05) is 6.42 Å². The van der Waals surface area contributed by atoms with Gasteiger partial charge in [0.15, 0.2) is 5.54 Å². The molecular formula is C23H25N3O5. The maximum atomic E-state index is 13.5. The normalized spacial score (nSPS) is 18.3. The Balaban J connectivity index is 1.96. The second-order valence-electron chi connectivity index (χ2n) is 6.97. The molecule has 1 saturated heterocycles. The van der Waals surface area contributed by atoms with Crippen LogP contribution in [0.15, 0.2) is 59.8 Å². The number of nitrogens with zero attached hydrogens (tertiary/aromatic N) is 2. The fourth-order valence-corrected chi connectivity index (χ4v) is 3.45. The number of oxime groups is 1. The van der Waals surface area contributed by atoms with E-state index in [2.05, 4.69) is 10.5 Å². The van der Waals surface area contributed by atoms with Gasteiger partial charge in [-0.05, 0) is 30.5 Å². The third kappa shape index (κ3) is 4.91. The molecule has 0 radical (unpaired) electrons. The number of ether oxygens (including phenoxy) is 1. The minimum Gasteiger partial charge on any atom is -0.465 e. The van der Waals surface area contributed by atoms with E-state index in [4.69, 9.17) is 9.57 Å². The van der Waals surface area contributed by atoms with E-state index in [9.17, 15) is 14.4 Å².